The van der Waals surface area contributed by atoms with Crippen LogP contribution in [0, 0.1) is 11.8 Å². The number of benzene rings is 1. The highest BCUT2D eigenvalue weighted by Gasteiger charge is 2.21. The summed E-state index contributed by atoms with van der Waals surface area (Å²) in [5, 5.41) is 9.23. The van der Waals surface area contributed by atoms with Gasteiger partial charge in [-0.2, -0.15) is 0 Å². The number of anilines is 1. The largest absolute Gasteiger partial charge is 0.352 e. The van der Waals surface area contributed by atoms with E-state index in [1.807, 2.05) is 12.1 Å². The first-order valence-electron chi connectivity index (χ1n) is 9.89. The van der Waals surface area contributed by atoms with Crippen molar-refractivity contribution in [3.63, 3.8) is 0 Å². The summed E-state index contributed by atoms with van der Waals surface area (Å²) in [6, 6.07) is 10.8. The number of carbonyl (C=O) groups is 2. The molecule has 1 aromatic heterocycles. The second kappa shape index (κ2) is 13.2. The molecule has 30 heavy (non-hydrogen) atoms. The number of aromatic nitrogens is 1. The Hall–Kier alpha value is -2.15. The van der Waals surface area contributed by atoms with E-state index < -0.39 is 0 Å². The maximum atomic E-state index is 12.3. The van der Waals surface area contributed by atoms with E-state index in [1.165, 1.54) is 12.8 Å². The topological polar surface area (TPSA) is 83.1 Å². The van der Waals surface area contributed by atoms with Crippen molar-refractivity contribution >= 4 is 42.3 Å². The van der Waals surface area contributed by atoms with Gasteiger partial charge in [-0.3, -0.25) is 14.6 Å². The Morgan fingerprint density at radius 2 is 1.83 bits per heavy atom. The van der Waals surface area contributed by atoms with Crippen molar-refractivity contribution in [3.8, 4) is 0 Å². The molecule has 2 unspecified atom stereocenters. The Balaban J connectivity index is 0.00000225. The fourth-order valence-corrected chi connectivity index (χ4v) is 3.51. The van der Waals surface area contributed by atoms with Crippen LogP contribution in [0.4, 0.5) is 5.69 Å². The number of pyridine rings is 1. The maximum absolute atomic E-state index is 12.3. The molecule has 1 aliphatic rings. The minimum atomic E-state index is -0.170. The molecule has 3 N–H and O–H groups in total. The van der Waals surface area contributed by atoms with E-state index in [0.29, 0.717) is 36.1 Å². The minimum absolute atomic E-state index is 0. The highest BCUT2D eigenvalue weighted by atomic mass is 35.5. The molecule has 6 nitrogen and oxygen atoms in total. The molecule has 164 valence electrons. The molecule has 1 saturated heterocycles. The van der Waals surface area contributed by atoms with Crippen LogP contribution in [0.1, 0.15) is 42.1 Å². The van der Waals surface area contributed by atoms with Crippen molar-refractivity contribution in [1.82, 2.24) is 15.6 Å². The van der Waals surface area contributed by atoms with Crippen LogP contribution in [0.5, 0.6) is 0 Å². The number of halogens is 2. The third-order valence-electron chi connectivity index (χ3n) is 5.29. The van der Waals surface area contributed by atoms with E-state index in [2.05, 4.69) is 27.9 Å². The third-order valence-corrected chi connectivity index (χ3v) is 5.29. The molecule has 2 atom stereocenters. The molecule has 2 amide bonds. The molecule has 0 radical (unpaired) electrons. The van der Waals surface area contributed by atoms with E-state index in [1.54, 1.807) is 36.7 Å². The number of piperidine rings is 1. The Morgan fingerprint density at radius 1 is 1.13 bits per heavy atom. The number of nitrogens with zero attached hydrogens (tertiary/aromatic N) is 1. The number of rotatable bonds is 7. The van der Waals surface area contributed by atoms with Gasteiger partial charge in [0.05, 0.1) is 0 Å². The fraction of sp³-hybridized carbons (Fsp3) is 0.409. The van der Waals surface area contributed by atoms with E-state index in [0.717, 1.165) is 18.7 Å². The van der Waals surface area contributed by atoms with Gasteiger partial charge in [0.15, 0.2) is 0 Å². The van der Waals surface area contributed by atoms with E-state index >= 15 is 0 Å². The summed E-state index contributed by atoms with van der Waals surface area (Å²) in [4.78, 5) is 28.4. The number of nitrogens with one attached hydrogen (secondary N) is 3. The van der Waals surface area contributed by atoms with Crippen LogP contribution in [-0.4, -0.2) is 29.9 Å². The van der Waals surface area contributed by atoms with Crippen molar-refractivity contribution in [2.45, 2.75) is 32.7 Å². The highest BCUT2D eigenvalue weighted by molar-refractivity contribution is 6.04. The quantitative estimate of drug-likeness (QED) is 0.595. The molecule has 0 aliphatic carbocycles. The molecule has 2 heterocycles. The van der Waals surface area contributed by atoms with Crippen molar-refractivity contribution in [2.24, 2.45) is 11.8 Å². The van der Waals surface area contributed by atoms with Crippen molar-refractivity contribution in [1.29, 1.82) is 0 Å². The van der Waals surface area contributed by atoms with Crippen molar-refractivity contribution in [2.75, 3.05) is 18.4 Å². The van der Waals surface area contributed by atoms with Gasteiger partial charge in [0, 0.05) is 36.6 Å². The Kier molecular flexibility index (Phi) is 11.4. The third kappa shape index (κ3) is 7.94. The van der Waals surface area contributed by atoms with Gasteiger partial charge in [-0.05, 0) is 67.6 Å². The SMILES string of the molecule is CC(CC(=O)NCc1ccc(C(=O)Nc2ccncc2)cc1)C1CCCNC1.Cl.Cl. The van der Waals surface area contributed by atoms with Crippen LogP contribution < -0.4 is 16.0 Å². The van der Waals surface area contributed by atoms with Crippen molar-refractivity contribution in [3.05, 3.63) is 59.9 Å². The first kappa shape index (κ1) is 25.9. The summed E-state index contributed by atoms with van der Waals surface area (Å²) < 4.78 is 0. The van der Waals surface area contributed by atoms with Crippen molar-refractivity contribution < 1.29 is 9.59 Å². The van der Waals surface area contributed by atoms with Crippen LogP contribution in [0.3, 0.4) is 0 Å². The maximum Gasteiger partial charge on any atom is 0.255 e. The summed E-state index contributed by atoms with van der Waals surface area (Å²) in [6.45, 7) is 4.73. The molecule has 0 spiro atoms. The Morgan fingerprint density at radius 3 is 2.47 bits per heavy atom. The van der Waals surface area contributed by atoms with Gasteiger partial charge in [0.2, 0.25) is 5.91 Å². The molecule has 1 aromatic carbocycles. The average Bonchev–Trinajstić information content (AvgIpc) is 2.74. The van der Waals surface area contributed by atoms with Gasteiger partial charge in [-0.1, -0.05) is 19.1 Å². The monoisotopic (exact) mass is 452 g/mol. The van der Waals surface area contributed by atoms with Gasteiger partial charge < -0.3 is 16.0 Å². The van der Waals surface area contributed by atoms with Crippen LogP contribution in [0.15, 0.2) is 48.8 Å². The van der Waals surface area contributed by atoms with E-state index in [9.17, 15) is 9.59 Å². The molecule has 1 aliphatic heterocycles. The van der Waals surface area contributed by atoms with E-state index in [4.69, 9.17) is 0 Å². The van der Waals surface area contributed by atoms with Gasteiger partial charge >= 0.3 is 0 Å². The number of amides is 2. The number of hydrogen-bond acceptors (Lipinski definition) is 4. The average molecular weight is 453 g/mol. The lowest BCUT2D eigenvalue weighted by Crippen LogP contribution is -2.35. The summed E-state index contributed by atoms with van der Waals surface area (Å²) in [6.07, 6.45) is 6.21. The lowest BCUT2D eigenvalue weighted by Gasteiger charge is -2.28. The zero-order valence-electron chi connectivity index (χ0n) is 17.1. The second-order valence-corrected chi connectivity index (χ2v) is 7.45. The first-order chi connectivity index (χ1) is 13.6. The fourth-order valence-electron chi connectivity index (χ4n) is 3.51. The Bertz CT molecular complexity index is 781. The van der Waals surface area contributed by atoms with Gasteiger partial charge in [0.1, 0.15) is 0 Å². The first-order valence-corrected chi connectivity index (χ1v) is 9.89. The zero-order valence-corrected chi connectivity index (χ0v) is 18.7. The molecule has 2 aromatic rings. The molecular formula is C22H30Cl2N4O2. The predicted octanol–water partition coefficient (Wildman–Crippen LogP) is 3.82. The predicted molar refractivity (Wildman–Crippen MR) is 124 cm³/mol. The molecule has 0 bridgehead atoms. The molecule has 8 heteroatoms. The van der Waals surface area contributed by atoms with Crippen LogP contribution in [-0.2, 0) is 11.3 Å². The zero-order chi connectivity index (χ0) is 19.8. The normalized spacial score (nSPS) is 16.4. The number of carbonyl (C=O) groups excluding carboxylic acids is 2. The van der Waals surface area contributed by atoms with Gasteiger partial charge in [-0.15, -0.1) is 24.8 Å². The lowest BCUT2D eigenvalue weighted by atomic mass is 9.85. The standard InChI is InChI=1S/C22H28N4O2.2ClH/c1-16(19-3-2-10-24-15-19)13-21(27)25-14-17-4-6-18(7-5-17)22(28)26-20-8-11-23-12-9-20;;/h4-9,11-12,16,19,24H,2-3,10,13-15H2,1H3,(H,25,27)(H,23,26,28);2*1H. The summed E-state index contributed by atoms with van der Waals surface area (Å²) in [7, 11) is 0. The Labute approximate surface area is 190 Å². The molecule has 0 saturated carbocycles. The molecule has 3 rings (SSSR count). The van der Waals surface area contributed by atoms with Crippen LogP contribution >= 0.6 is 24.8 Å². The second-order valence-electron chi connectivity index (χ2n) is 7.45. The lowest BCUT2D eigenvalue weighted by molar-refractivity contribution is -0.122. The minimum Gasteiger partial charge on any atom is -0.352 e. The van der Waals surface area contributed by atoms with Crippen LogP contribution in [0.2, 0.25) is 0 Å². The molecular weight excluding hydrogens is 423 g/mol. The van der Waals surface area contributed by atoms with E-state index in [-0.39, 0.29) is 36.6 Å². The summed E-state index contributed by atoms with van der Waals surface area (Å²) in [5.74, 6) is 0.874. The molecule has 1 fully saturated rings. The highest BCUT2D eigenvalue weighted by Crippen LogP contribution is 2.22. The number of hydrogen-bond donors (Lipinski definition) is 3. The van der Waals surface area contributed by atoms with Gasteiger partial charge in [0.25, 0.3) is 5.91 Å². The summed E-state index contributed by atoms with van der Waals surface area (Å²) in [5.41, 5.74) is 2.25. The summed E-state index contributed by atoms with van der Waals surface area (Å²) >= 11 is 0. The van der Waals surface area contributed by atoms with Crippen LogP contribution in [0.25, 0.3) is 0 Å². The van der Waals surface area contributed by atoms with Gasteiger partial charge in [-0.25, -0.2) is 0 Å². The smallest absolute Gasteiger partial charge is 0.255 e.